The topological polar surface area (TPSA) is 43.4 Å². The Kier molecular flexibility index (Phi) is 11.6. The fourth-order valence-corrected chi connectivity index (χ4v) is 4.33. The van der Waals surface area contributed by atoms with Crippen LogP contribution in [0.5, 0.6) is 0 Å². The van der Waals surface area contributed by atoms with Crippen molar-refractivity contribution in [1.29, 1.82) is 0 Å². The average molecular weight is 335 g/mol. The van der Waals surface area contributed by atoms with Crippen LogP contribution in [0.15, 0.2) is 0 Å². The van der Waals surface area contributed by atoms with E-state index in [1.54, 1.807) is 0 Å². The Bertz CT molecular complexity index is 204. The van der Waals surface area contributed by atoms with E-state index in [0.29, 0.717) is 10.9 Å². The molecule has 0 aliphatic heterocycles. The summed E-state index contributed by atoms with van der Waals surface area (Å²) in [7, 11) is 0. The zero-order valence-corrected chi connectivity index (χ0v) is 13.4. The average Bonchev–Trinajstić information content (AvgIpc) is 2.23. The van der Waals surface area contributed by atoms with E-state index in [4.69, 9.17) is 3.07 Å². The van der Waals surface area contributed by atoms with Gasteiger partial charge in [0.15, 0.2) is 0 Å². The van der Waals surface area contributed by atoms with Crippen LogP contribution in [0.1, 0.15) is 65.2 Å². The molecular formula is C12H24O3Sn. The fraction of sp³-hybridized carbons (Fsp3) is 0.917. The molecule has 0 saturated heterocycles. The van der Waals surface area contributed by atoms with Crippen molar-refractivity contribution >= 4 is 26.1 Å². The van der Waals surface area contributed by atoms with E-state index in [-0.39, 0.29) is 5.97 Å². The van der Waals surface area contributed by atoms with Crippen LogP contribution >= 0.6 is 0 Å². The van der Waals surface area contributed by atoms with Gasteiger partial charge in [-0.05, 0) is 0 Å². The zero-order chi connectivity index (χ0) is 12.2. The van der Waals surface area contributed by atoms with Crippen molar-refractivity contribution in [2.24, 2.45) is 0 Å². The Morgan fingerprint density at radius 2 is 1.62 bits per heavy atom. The molecule has 0 fully saturated rings. The molecule has 0 aromatic heterocycles. The number of unbranched alkanes of at least 4 members (excludes halogenated alkanes) is 5. The van der Waals surface area contributed by atoms with E-state index in [1.807, 2.05) is 6.92 Å². The number of rotatable bonds is 10. The molecule has 0 aliphatic carbocycles. The normalized spacial score (nSPS) is 10.1. The van der Waals surface area contributed by atoms with Crippen molar-refractivity contribution in [3.63, 3.8) is 0 Å². The van der Waals surface area contributed by atoms with Gasteiger partial charge in [0, 0.05) is 0 Å². The van der Waals surface area contributed by atoms with Crippen molar-refractivity contribution in [1.82, 2.24) is 0 Å². The molecule has 0 saturated carbocycles. The summed E-state index contributed by atoms with van der Waals surface area (Å²) in [4.78, 5) is 11.1. The summed E-state index contributed by atoms with van der Waals surface area (Å²) in [6.07, 6.45) is 8.27. The van der Waals surface area contributed by atoms with Gasteiger partial charge in [-0.15, -0.1) is 0 Å². The second-order valence-corrected chi connectivity index (χ2v) is 8.25. The first-order chi connectivity index (χ1) is 7.70. The van der Waals surface area contributed by atoms with Gasteiger partial charge in [-0.1, -0.05) is 0 Å². The first kappa shape index (κ1) is 16.1. The summed E-state index contributed by atoms with van der Waals surface area (Å²) in [5, 5.41) is 0. The Hall–Kier alpha value is 0.0687. The second-order valence-electron chi connectivity index (χ2n) is 4.11. The van der Waals surface area contributed by atoms with E-state index in [0.717, 1.165) is 19.3 Å². The Morgan fingerprint density at radius 1 is 1.00 bits per heavy atom. The molecular weight excluding hydrogens is 311 g/mol. The summed E-state index contributed by atoms with van der Waals surface area (Å²) < 4.78 is 17.0. The molecule has 0 aromatic rings. The third-order valence-corrected chi connectivity index (χ3v) is 5.89. The molecule has 0 unspecified atom stereocenters. The van der Waals surface area contributed by atoms with Crippen LogP contribution in [0.4, 0.5) is 0 Å². The van der Waals surface area contributed by atoms with E-state index < -0.39 is 20.2 Å². The predicted octanol–water partition coefficient (Wildman–Crippen LogP) is 3.61. The van der Waals surface area contributed by atoms with Gasteiger partial charge in [-0.2, -0.15) is 0 Å². The van der Waals surface area contributed by atoms with Gasteiger partial charge < -0.3 is 0 Å². The first-order valence-corrected chi connectivity index (χ1v) is 10.8. The van der Waals surface area contributed by atoms with E-state index in [2.05, 4.69) is 6.92 Å². The molecule has 0 radical (unpaired) electrons. The molecule has 16 heavy (non-hydrogen) atoms. The van der Waals surface area contributed by atoms with Crippen LogP contribution in [0.3, 0.4) is 0 Å². The monoisotopic (exact) mass is 336 g/mol. The number of carbonyl (C=O) groups is 1. The third kappa shape index (κ3) is 10.6. The van der Waals surface area contributed by atoms with Crippen molar-refractivity contribution < 1.29 is 10.9 Å². The molecule has 94 valence electrons. The molecule has 0 aromatic carbocycles. The minimum absolute atomic E-state index is 0.266. The van der Waals surface area contributed by atoms with Crippen molar-refractivity contribution in [3.8, 4) is 0 Å². The van der Waals surface area contributed by atoms with E-state index in [9.17, 15) is 7.87 Å². The van der Waals surface area contributed by atoms with Gasteiger partial charge >= 0.3 is 107 Å². The predicted molar refractivity (Wildman–Crippen MR) is 65.6 cm³/mol. The minimum atomic E-state index is -2.99. The van der Waals surface area contributed by atoms with Crippen molar-refractivity contribution in [2.45, 2.75) is 69.7 Å². The molecule has 0 heterocycles. The zero-order valence-electron chi connectivity index (χ0n) is 10.6. The molecule has 0 rings (SSSR count). The number of hydrogen-bond acceptors (Lipinski definition) is 3. The van der Waals surface area contributed by atoms with Gasteiger partial charge in [0.05, 0.1) is 0 Å². The van der Waals surface area contributed by atoms with E-state index in [1.165, 1.54) is 25.7 Å². The Labute approximate surface area is 107 Å². The van der Waals surface area contributed by atoms with Gasteiger partial charge in [-0.3, -0.25) is 0 Å². The second kappa shape index (κ2) is 11.6. The van der Waals surface area contributed by atoms with Crippen LogP contribution in [0.2, 0.25) is 4.44 Å². The maximum atomic E-state index is 11.5. The molecule has 0 spiro atoms. The third-order valence-electron chi connectivity index (χ3n) is 2.42. The summed E-state index contributed by atoms with van der Waals surface area (Å²) in [5.74, 6) is -0.266. The Balaban J connectivity index is 3.33. The molecule has 0 amide bonds. The molecule has 0 bridgehead atoms. The summed E-state index contributed by atoms with van der Waals surface area (Å²) in [6, 6.07) is 0. The molecule has 0 aliphatic rings. The molecule has 4 heteroatoms. The van der Waals surface area contributed by atoms with Gasteiger partial charge in [-0.25, -0.2) is 0 Å². The first-order valence-electron chi connectivity index (χ1n) is 6.44. The quantitative estimate of drug-likeness (QED) is 0.453. The number of hydrogen-bond donors (Lipinski definition) is 0. The standard InChI is InChI=1S/C8H17.C4H8O2.O.Sn/c1-3-5-7-8-6-4-2;1-2-3-4(5)6;;/h1,3-8H2,2H3;2-3H2,1H3,(H,5,6);;/q;;;+1/p-1. The Morgan fingerprint density at radius 3 is 2.25 bits per heavy atom. The molecule has 3 nitrogen and oxygen atoms in total. The van der Waals surface area contributed by atoms with Gasteiger partial charge in [0.2, 0.25) is 0 Å². The molecule has 0 atom stereocenters. The summed E-state index contributed by atoms with van der Waals surface area (Å²) in [6.45, 7) is 4.11. The van der Waals surface area contributed by atoms with Crippen molar-refractivity contribution in [2.75, 3.05) is 0 Å². The fourth-order valence-electron chi connectivity index (χ4n) is 1.48. The van der Waals surface area contributed by atoms with Crippen LogP contribution in [-0.4, -0.2) is 26.1 Å². The van der Waals surface area contributed by atoms with Crippen LogP contribution in [0, 0.1) is 0 Å². The maximum absolute atomic E-state index is 11.5. The number of carbonyl (C=O) groups excluding carboxylic acids is 1. The van der Waals surface area contributed by atoms with Crippen LogP contribution in [-0.2, 0) is 10.9 Å². The summed E-state index contributed by atoms with van der Waals surface area (Å²) >= 11 is -2.99. The van der Waals surface area contributed by atoms with Crippen LogP contribution < -0.4 is 0 Å². The van der Waals surface area contributed by atoms with Gasteiger partial charge in [0.1, 0.15) is 0 Å². The van der Waals surface area contributed by atoms with E-state index >= 15 is 0 Å². The molecule has 0 N–H and O–H groups in total. The van der Waals surface area contributed by atoms with Gasteiger partial charge in [0.25, 0.3) is 0 Å². The SMILES string of the molecule is CCCCCCC[CH2][Sn](=[O])[O]C(=O)CCC. The van der Waals surface area contributed by atoms with Crippen molar-refractivity contribution in [3.05, 3.63) is 0 Å². The summed E-state index contributed by atoms with van der Waals surface area (Å²) in [5.41, 5.74) is 0. The van der Waals surface area contributed by atoms with Crippen LogP contribution in [0.25, 0.3) is 0 Å².